The highest BCUT2D eigenvalue weighted by Crippen LogP contribution is 2.23. The maximum Gasteiger partial charge on any atom is 0.147 e. The van der Waals surface area contributed by atoms with E-state index in [4.69, 9.17) is 10.2 Å². The number of aliphatic hydroxyl groups is 2. The Morgan fingerprint density at radius 3 is 1.37 bits per heavy atom. The molecule has 4 N–H and O–H groups in total. The van der Waals surface area contributed by atoms with Crippen molar-refractivity contribution in [3.63, 3.8) is 0 Å². The number of aliphatic hydroxyl groups excluding tert-OH is 2. The molecule has 0 amide bonds. The molecule has 1 unspecified atom stereocenters. The van der Waals surface area contributed by atoms with Crippen LogP contribution in [-0.4, -0.2) is 76.9 Å². The molecule has 0 spiro atoms. The minimum Gasteiger partial charge on any atom is -0.507 e. The number of Topliss-reactive ketones (excluding diaryl/α,β-unsaturated/α-hetero) is 1. The Morgan fingerprint density at radius 2 is 1.17 bits per heavy atom. The van der Waals surface area contributed by atoms with Crippen LogP contribution in [0, 0.1) is 13.8 Å². The fraction of sp³-hybridized carbons (Fsp3) is 0.696. The molecular weight excluding hydrogens is 386 g/mol. The lowest BCUT2D eigenvalue weighted by molar-refractivity contribution is -0.118. The second kappa shape index (κ2) is 38.1. The Bertz CT molecular complexity index is 415. The van der Waals surface area contributed by atoms with Crippen molar-refractivity contribution in [2.75, 3.05) is 49.7 Å². The number of ketones is 1. The Labute approximate surface area is 186 Å². The van der Waals surface area contributed by atoms with Crippen LogP contribution in [-0.2, 0) is 20.7 Å². The fourth-order valence-corrected chi connectivity index (χ4v) is 1.85. The van der Waals surface area contributed by atoms with E-state index < -0.39 is 0 Å². The summed E-state index contributed by atoms with van der Waals surface area (Å²) in [5, 5.41) is 26.6. The summed E-state index contributed by atoms with van der Waals surface area (Å²) in [5.41, 5.74) is 2.78. The highest BCUT2D eigenvalue weighted by Gasteiger charge is 2.13. The van der Waals surface area contributed by atoms with Crippen molar-refractivity contribution >= 4 is 5.78 Å². The van der Waals surface area contributed by atoms with E-state index in [9.17, 15) is 9.90 Å². The van der Waals surface area contributed by atoms with Crippen molar-refractivity contribution in [3.05, 3.63) is 28.8 Å². The number of methoxy groups -OCH3 is 2. The molecule has 7 nitrogen and oxygen atoms in total. The monoisotopic (exact) mass is 437 g/mol. The molecule has 0 aromatic heterocycles. The third-order valence-corrected chi connectivity index (χ3v) is 2.83. The highest BCUT2D eigenvalue weighted by molar-refractivity contribution is 5.81. The van der Waals surface area contributed by atoms with Crippen molar-refractivity contribution in [3.8, 4) is 5.75 Å². The minimum atomic E-state index is -0.150. The maximum absolute atomic E-state index is 11.3. The molecule has 1 rings (SSSR count). The minimum absolute atomic E-state index is 0.130. The molecule has 0 radical (unpaired) electrons. The van der Waals surface area contributed by atoms with Crippen molar-refractivity contribution < 1.29 is 29.6 Å². The Hall–Kier alpha value is -1.51. The van der Waals surface area contributed by atoms with Gasteiger partial charge in [-0.05, 0) is 50.9 Å². The molecule has 1 aromatic carbocycles. The van der Waals surface area contributed by atoms with Crippen LogP contribution in [0.5, 0.6) is 5.75 Å². The standard InChI is InChI=1S/C13H19NO2.2C2H6O.2C2H6.2CH4O/c1-8-5-11(6-9(2)13(8)16)7-12(14-4)10(3)15;2*1-3-2;4*1-2/h5-6,12,14,16H,7H2,1-4H3;2*1-2H3;2*1-2H3;2*2H,1H3. The molecule has 0 fully saturated rings. The normalized spacial score (nSPS) is 8.67. The number of ether oxygens (including phenoxy) is 2. The van der Waals surface area contributed by atoms with Crippen LogP contribution in [0.3, 0.4) is 0 Å². The van der Waals surface area contributed by atoms with Crippen molar-refractivity contribution in [1.82, 2.24) is 5.32 Å². The number of phenols is 1. The van der Waals surface area contributed by atoms with Gasteiger partial charge in [0.25, 0.3) is 0 Å². The Morgan fingerprint density at radius 1 is 0.900 bits per heavy atom. The van der Waals surface area contributed by atoms with Gasteiger partial charge >= 0.3 is 0 Å². The number of likely N-dealkylation sites (N-methyl/N-ethyl adjacent to an activating group) is 1. The lowest BCUT2D eigenvalue weighted by Gasteiger charge is -2.14. The summed E-state index contributed by atoms with van der Waals surface area (Å²) in [6, 6.07) is 3.70. The number of aromatic hydroxyl groups is 1. The fourth-order valence-electron chi connectivity index (χ4n) is 1.85. The van der Waals surface area contributed by atoms with E-state index >= 15 is 0 Å². The molecule has 0 aliphatic carbocycles. The number of rotatable bonds is 4. The molecule has 0 heterocycles. The van der Waals surface area contributed by atoms with Crippen LogP contribution < -0.4 is 5.32 Å². The largest absolute Gasteiger partial charge is 0.507 e. The van der Waals surface area contributed by atoms with E-state index in [0.29, 0.717) is 12.2 Å². The van der Waals surface area contributed by atoms with Gasteiger partial charge in [-0.2, -0.15) is 0 Å². The van der Waals surface area contributed by atoms with Gasteiger partial charge in [0, 0.05) is 42.7 Å². The summed E-state index contributed by atoms with van der Waals surface area (Å²) in [4.78, 5) is 11.3. The van der Waals surface area contributed by atoms with E-state index in [1.807, 2.05) is 53.7 Å². The lowest BCUT2D eigenvalue weighted by Crippen LogP contribution is -2.34. The molecule has 0 aliphatic rings. The zero-order chi connectivity index (χ0) is 25.7. The molecule has 1 atom stereocenters. The molecule has 7 heteroatoms. The van der Waals surface area contributed by atoms with Gasteiger partial charge in [-0.25, -0.2) is 0 Å². The van der Waals surface area contributed by atoms with E-state index in [0.717, 1.165) is 30.9 Å². The van der Waals surface area contributed by atoms with Gasteiger partial charge in [0.15, 0.2) is 0 Å². The predicted molar refractivity (Wildman–Crippen MR) is 130 cm³/mol. The highest BCUT2D eigenvalue weighted by atomic mass is 16.5. The van der Waals surface area contributed by atoms with Crippen LogP contribution in [0.2, 0.25) is 0 Å². The zero-order valence-electron chi connectivity index (χ0n) is 22.0. The molecule has 0 saturated carbocycles. The molecule has 1 aromatic rings. The van der Waals surface area contributed by atoms with Gasteiger partial charge in [-0.15, -0.1) is 0 Å². The second-order valence-corrected chi connectivity index (χ2v) is 5.05. The van der Waals surface area contributed by atoms with E-state index in [1.54, 1.807) is 42.4 Å². The van der Waals surface area contributed by atoms with Gasteiger partial charge in [-0.1, -0.05) is 39.8 Å². The van der Waals surface area contributed by atoms with Gasteiger partial charge < -0.3 is 30.1 Å². The van der Waals surface area contributed by atoms with Crippen molar-refractivity contribution in [2.45, 2.75) is 60.9 Å². The number of carbonyl (C=O) groups is 1. The van der Waals surface area contributed by atoms with E-state index in [-0.39, 0.29) is 11.8 Å². The average molecular weight is 438 g/mol. The van der Waals surface area contributed by atoms with Crippen LogP contribution in [0.1, 0.15) is 51.3 Å². The average Bonchev–Trinajstić information content (AvgIpc) is 2.77. The van der Waals surface area contributed by atoms with Gasteiger partial charge in [0.05, 0.1) is 6.04 Å². The lowest BCUT2D eigenvalue weighted by atomic mass is 9.99. The first-order chi connectivity index (χ1) is 14.3. The number of hydrogen-bond acceptors (Lipinski definition) is 7. The number of benzene rings is 1. The van der Waals surface area contributed by atoms with Gasteiger partial charge in [0.1, 0.15) is 11.5 Å². The zero-order valence-corrected chi connectivity index (χ0v) is 22.0. The van der Waals surface area contributed by atoms with Crippen molar-refractivity contribution in [1.29, 1.82) is 0 Å². The van der Waals surface area contributed by atoms with E-state index in [1.165, 1.54) is 0 Å². The number of hydrogen-bond donors (Lipinski definition) is 4. The first-order valence-corrected chi connectivity index (χ1v) is 9.95. The van der Waals surface area contributed by atoms with Crippen molar-refractivity contribution in [2.24, 2.45) is 0 Å². The Kier molecular flexibility index (Phi) is 54.1. The van der Waals surface area contributed by atoms with Crippen LogP contribution in [0.4, 0.5) is 0 Å². The predicted octanol–water partition coefficient (Wildman–Crippen LogP) is 3.52. The molecule has 0 saturated heterocycles. The number of nitrogens with one attached hydrogen (secondary N) is 1. The summed E-state index contributed by atoms with van der Waals surface area (Å²) >= 11 is 0. The topological polar surface area (TPSA) is 108 Å². The maximum atomic E-state index is 11.3. The van der Waals surface area contributed by atoms with Gasteiger partial charge in [0.2, 0.25) is 0 Å². The molecule has 30 heavy (non-hydrogen) atoms. The summed E-state index contributed by atoms with van der Waals surface area (Å²) in [7, 11) is 10.3. The van der Waals surface area contributed by atoms with E-state index in [2.05, 4.69) is 14.8 Å². The number of carbonyl (C=O) groups excluding carboxylic acids is 1. The van der Waals surface area contributed by atoms with Crippen LogP contribution in [0.15, 0.2) is 12.1 Å². The quantitative estimate of drug-likeness (QED) is 0.571. The smallest absolute Gasteiger partial charge is 0.147 e. The first-order valence-electron chi connectivity index (χ1n) is 9.95. The number of phenolic OH excluding ortho intramolecular Hbond substituents is 1. The third-order valence-electron chi connectivity index (χ3n) is 2.83. The number of aryl methyl sites for hydroxylation is 2. The summed E-state index contributed by atoms with van der Waals surface area (Å²) in [5.74, 6) is 0.471. The Balaban J connectivity index is -0.0000000860. The summed E-state index contributed by atoms with van der Waals surface area (Å²) in [6.45, 7) is 13.3. The molecule has 0 aliphatic heterocycles. The second-order valence-electron chi connectivity index (χ2n) is 5.05. The SMILES string of the molecule is CC.CC.CNC(Cc1cc(C)c(O)c(C)c1)C(C)=O.CO.CO.COC.COC. The third kappa shape index (κ3) is 28.7. The first kappa shape index (κ1) is 42.6. The summed E-state index contributed by atoms with van der Waals surface area (Å²) in [6.07, 6.45) is 0.661. The molecule has 184 valence electrons. The molecular formula is C23H51NO6. The summed E-state index contributed by atoms with van der Waals surface area (Å²) < 4.78 is 8.50. The van der Waals surface area contributed by atoms with Crippen LogP contribution >= 0.6 is 0 Å². The van der Waals surface area contributed by atoms with Gasteiger partial charge in [-0.3, -0.25) is 4.79 Å². The van der Waals surface area contributed by atoms with Crippen LogP contribution in [0.25, 0.3) is 0 Å². The molecule has 0 bridgehead atoms.